The van der Waals surface area contributed by atoms with E-state index in [1.54, 1.807) is 88.5 Å². The standard InChI is InChI=1S/C50H52N2O10/c1-7-44(53)59-32-49(3,4)61-38-24-20-34(21-25-38)47(55)57-28-27-33-17-26-43(60-48(56)35-18-22-37(23-19-35)58-31-50(5,6)62-45(54)8-2)36(29-33)30-51-52-46-41-15-11-9-13-39(41)40-14-10-12-16-42(40)46/h7-26,29-30,39-42,46,52H,1-2,27-28,31-32H2,3-6H3/b51-30+. The average molecular weight is 841 g/mol. The lowest BCUT2D eigenvalue weighted by atomic mass is 9.83. The van der Waals surface area contributed by atoms with Gasteiger partial charge in [0.05, 0.1) is 30.0 Å². The van der Waals surface area contributed by atoms with Crippen LogP contribution in [0.4, 0.5) is 0 Å². The van der Waals surface area contributed by atoms with Crippen molar-refractivity contribution in [3.8, 4) is 17.2 Å². The minimum atomic E-state index is -0.896. The Hall–Kier alpha value is -6.95. The summed E-state index contributed by atoms with van der Waals surface area (Å²) in [5, 5.41) is 4.70. The van der Waals surface area contributed by atoms with E-state index in [0.717, 1.165) is 17.7 Å². The highest BCUT2D eigenvalue weighted by molar-refractivity contribution is 5.93. The molecule has 0 bridgehead atoms. The van der Waals surface area contributed by atoms with Gasteiger partial charge in [-0.1, -0.05) is 67.8 Å². The first kappa shape index (κ1) is 44.6. The second kappa shape index (κ2) is 20.1. The predicted molar refractivity (Wildman–Crippen MR) is 235 cm³/mol. The molecule has 3 aromatic carbocycles. The number of rotatable bonds is 19. The fourth-order valence-electron chi connectivity index (χ4n) is 7.44. The van der Waals surface area contributed by atoms with Gasteiger partial charge in [-0.25, -0.2) is 19.2 Å². The van der Waals surface area contributed by atoms with E-state index in [1.807, 2.05) is 12.1 Å². The minimum Gasteiger partial charge on any atom is -0.489 e. The van der Waals surface area contributed by atoms with E-state index in [1.165, 1.54) is 0 Å². The van der Waals surface area contributed by atoms with Crippen LogP contribution in [0.25, 0.3) is 0 Å². The summed E-state index contributed by atoms with van der Waals surface area (Å²) in [5.41, 5.74) is 3.72. The van der Waals surface area contributed by atoms with E-state index in [0.29, 0.717) is 52.2 Å². The third-order valence-electron chi connectivity index (χ3n) is 10.5. The van der Waals surface area contributed by atoms with Crippen LogP contribution in [0.5, 0.6) is 17.2 Å². The van der Waals surface area contributed by atoms with Crippen molar-refractivity contribution in [1.29, 1.82) is 0 Å². The van der Waals surface area contributed by atoms with Crippen molar-refractivity contribution in [1.82, 2.24) is 5.43 Å². The summed E-state index contributed by atoms with van der Waals surface area (Å²) in [5.74, 6) is 0.305. The number of carbonyl (C=O) groups excluding carboxylic acids is 4. The van der Waals surface area contributed by atoms with Gasteiger partial charge in [-0.3, -0.25) is 0 Å². The van der Waals surface area contributed by atoms with E-state index >= 15 is 0 Å². The van der Waals surface area contributed by atoms with Crippen LogP contribution in [0.15, 0.2) is 146 Å². The molecule has 4 unspecified atom stereocenters. The molecule has 62 heavy (non-hydrogen) atoms. The molecule has 1 fully saturated rings. The number of esters is 4. The molecular formula is C50H52N2O10. The van der Waals surface area contributed by atoms with Crippen LogP contribution in [-0.4, -0.2) is 67.2 Å². The smallest absolute Gasteiger partial charge is 0.343 e. The van der Waals surface area contributed by atoms with Gasteiger partial charge in [-0.2, -0.15) is 5.10 Å². The SMILES string of the molecule is C=CC(=O)OCC(C)(C)Oc1ccc(C(=O)OCCc2ccc(OC(=O)c3ccc(OCC(C)(C)OC(=O)C=C)cc3)c(/C=N/NC3C4C=CC=CC4C4C=CC=CC43)c2)cc1. The van der Waals surface area contributed by atoms with Crippen molar-refractivity contribution in [3.63, 3.8) is 0 Å². The van der Waals surface area contributed by atoms with E-state index in [2.05, 4.69) is 67.2 Å². The summed E-state index contributed by atoms with van der Waals surface area (Å²) in [4.78, 5) is 49.6. The first-order valence-electron chi connectivity index (χ1n) is 20.4. The summed E-state index contributed by atoms with van der Waals surface area (Å²) in [6.07, 6.45) is 21.6. The molecule has 1 saturated carbocycles. The molecule has 0 aliphatic heterocycles. The highest BCUT2D eigenvalue weighted by Crippen LogP contribution is 2.47. The summed E-state index contributed by atoms with van der Waals surface area (Å²) in [6.45, 7) is 14.0. The molecule has 12 nitrogen and oxygen atoms in total. The second-order valence-electron chi connectivity index (χ2n) is 16.3. The first-order chi connectivity index (χ1) is 29.7. The van der Waals surface area contributed by atoms with Gasteiger partial charge >= 0.3 is 23.9 Å². The zero-order chi connectivity index (χ0) is 44.3. The molecule has 3 aromatic rings. The molecule has 12 heteroatoms. The molecule has 6 rings (SSSR count). The van der Waals surface area contributed by atoms with Crippen LogP contribution in [-0.2, 0) is 30.2 Å². The summed E-state index contributed by atoms with van der Waals surface area (Å²) in [7, 11) is 0. The number of hydrazone groups is 1. The number of hydrogen-bond acceptors (Lipinski definition) is 12. The largest absolute Gasteiger partial charge is 0.489 e. The van der Waals surface area contributed by atoms with Crippen molar-refractivity contribution in [3.05, 3.63) is 163 Å². The van der Waals surface area contributed by atoms with Crippen LogP contribution in [0.2, 0.25) is 0 Å². The lowest BCUT2D eigenvalue weighted by Crippen LogP contribution is -2.35. The second-order valence-corrected chi connectivity index (χ2v) is 16.3. The van der Waals surface area contributed by atoms with Crippen LogP contribution in [0.3, 0.4) is 0 Å². The fraction of sp³-hybridized carbons (Fsp3) is 0.300. The van der Waals surface area contributed by atoms with Gasteiger partial charge in [0.25, 0.3) is 0 Å². The van der Waals surface area contributed by atoms with Crippen LogP contribution < -0.4 is 19.6 Å². The number of carbonyl (C=O) groups is 4. The Morgan fingerprint density at radius 1 is 0.677 bits per heavy atom. The third kappa shape index (κ3) is 11.9. The number of nitrogens with one attached hydrogen (secondary N) is 1. The topological polar surface area (TPSA) is 148 Å². The Bertz CT molecular complexity index is 2250. The zero-order valence-corrected chi connectivity index (χ0v) is 35.4. The summed E-state index contributed by atoms with van der Waals surface area (Å²) in [6, 6.07) is 18.4. The highest BCUT2D eigenvalue weighted by atomic mass is 16.6. The summed E-state index contributed by atoms with van der Waals surface area (Å²) >= 11 is 0. The van der Waals surface area contributed by atoms with Gasteiger partial charge in [-0.15, -0.1) is 0 Å². The van der Waals surface area contributed by atoms with E-state index in [4.69, 9.17) is 33.5 Å². The number of allylic oxidation sites excluding steroid dienone is 6. The van der Waals surface area contributed by atoms with Crippen LogP contribution in [0, 0.1) is 23.7 Å². The van der Waals surface area contributed by atoms with E-state index in [9.17, 15) is 19.2 Å². The molecule has 322 valence electrons. The molecule has 4 atom stereocenters. The number of benzene rings is 3. The van der Waals surface area contributed by atoms with Crippen molar-refractivity contribution >= 4 is 30.1 Å². The maximum atomic E-state index is 13.5. The highest BCUT2D eigenvalue weighted by Gasteiger charge is 2.47. The number of fused-ring (bicyclic) bond motifs is 3. The van der Waals surface area contributed by atoms with E-state index < -0.39 is 35.1 Å². The van der Waals surface area contributed by atoms with Crippen molar-refractivity contribution < 1.29 is 47.6 Å². The maximum absolute atomic E-state index is 13.5. The van der Waals surface area contributed by atoms with Gasteiger partial charge in [0.2, 0.25) is 0 Å². The predicted octanol–water partition coefficient (Wildman–Crippen LogP) is 8.10. The molecule has 0 amide bonds. The van der Waals surface area contributed by atoms with Gasteiger partial charge in [0.15, 0.2) is 0 Å². The van der Waals surface area contributed by atoms with Crippen molar-refractivity contribution in [2.24, 2.45) is 28.8 Å². The molecule has 1 N–H and O–H groups in total. The third-order valence-corrected chi connectivity index (χ3v) is 10.5. The van der Waals surface area contributed by atoms with Crippen molar-refractivity contribution in [2.45, 2.75) is 51.4 Å². The summed E-state index contributed by atoms with van der Waals surface area (Å²) < 4.78 is 33.7. The normalized spacial score (nSPS) is 19.8. The first-order valence-corrected chi connectivity index (χ1v) is 20.4. The Morgan fingerprint density at radius 3 is 1.87 bits per heavy atom. The van der Waals surface area contributed by atoms with Crippen LogP contribution in [0.1, 0.15) is 59.5 Å². The molecule has 0 spiro atoms. The molecule has 0 saturated heterocycles. The fourth-order valence-corrected chi connectivity index (χ4v) is 7.44. The van der Waals surface area contributed by atoms with Gasteiger partial charge < -0.3 is 33.8 Å². The number of nitrogens with zero attached hydrogens (tertiary/aromatic N) is 1. The minimum absolute atomic E-state index is 0.0189. The lowest BCUT2D eigenvalue weighted by molar-refractivity contribution is -0.152. The number of hydrogen-bond donors (Lipinski definition) is 1. The Kier molecular flexibility index (Phi) is 14.4. The molecule has 0 radical (unpaired) electrons. The quantitative estimate of drug-likeness (QED) is 0.0312. The van der Waals surface area contributed by atoms with Crippen molar-refractivity contribution in [2.75, 3.05) is 19.8 Å². The average Bonchev–Trinajstić information content (AvgIpc) is 3.59. The Labute approximate surface area is 362 Å². The number of ether oxygens (including phenoxy) is 6. The zero-order valence-electron chi connectivity index (χ0n) is 35.4. The van der Waals surface area contributed by atoms with Crippen LogP contribution >= 0.6 is 0 Å². The molecular weight excluding hydrogens is 789 g/mol. The Balaban J connectivity index is 1.12. The van der Waals surface area contributed by atoms with Gasteiger partial charge in [0, 0.05) is 36.0 Å². The van der Waals surface area contributed by atoms with Gasteiger partial charge in [-0.05, 0) is 106 Å². The Morgan fingerprint density at radius 2 is 1.26 bits per heavy atom. The lowest BCUT2D eigenvalue weighted by Gasteiger charge is -2.25. The monoisotopic (exact) mass is 840 g/mol. The maximum Gasteiger partial charge on any atom is 0.343 e. The molecule has 0 heterocycles. The molecule has 3 aliphatic rings. The van der Waals surface area contributed by atoms with E-state index in [-0.39, 0.29) is 37.7 Å². The van der Waals surface area contributed by atoms with Gasteiger partial charge in [0.1, 0.15) is 41.7 Å². The molecule has 3 aliphatic carbocycles. The molecule has 0 aromatic heterocycles.